The van der Waals surface area contributed by atoms with Crippen LogP contribution in [0.25, 0.3) is 0 Å². The Morgan fingerprint density at radius 2 is 1.96 bits per heavy atom. The van der Waals surface area contributed by atoms with E-state index in [4.69, 9.17) is 10.5 Å². The zero-order valence-electron chi connectivity index (χ0n) is 14.6. The molecule has 0 radical (unpaired) electrons. The van der Waals surface area contributed by atoms with Gasteiger partial charge < -0.3 is 20.7 Å². The molecule has 2 aromatic rings. The van der Waals surface area contributed by atoms with E-state index < -0.39 is 0 Å². The summed E-state index contributed by atoms with van der Waals surface area (Å²) in [6.45, 7) is 3.05. The molecule has 1 fully saturated rings. The molecule has 0 saturated carbocycles. The highest BCUT2D eigenvalue weighted by molar-refractivity contribution is 5.92. The van der Waals surface area contributed by atoms with E-state index in [-0.39, 0.29) is 17.4 Å². The van der Waals surface area contributed by atoms with Crippen LogP contribution in [0.1, 0.15) is 0 Å². The Kier molecular flexibility index (Phi) is 5.37. The van der Waals surface area contributed by atoms with Gasteiger partial charge >= 0.3 is 0 Å². The lowest BCUT2D eigenvalue weighted by atomic mass is 10.3. The van der Waals surface area contributed by atoms with E-state index in [2.05, 4.69) is 20.2 Å². The monoisotopic (exact) mass is 358 g/mol. The van der Waals surface area contributed by atoms with E-state index in [0.717, 1.165) is 11.4 Å². The lowest BCUT2D eigenvalue weighted by molar-refractivity contribution is -0.117. The van der Waals surface area contributed by atoms with E-state index in [9.17, 15) is 9.59 Å². The number of amides is 1. The first-order valence-corrected chi connectivity index (χ1v) is 8.31. The number of rotatable bonds is 5. The fraction of sp³-hybridized carbons (Fsp3) is 0.353. The zero-order valence-corrected chi connectivity index (χ0v) is 14.6. The molecule has 3 rings (SSSR count). The van der Waals surface area contributed by atoms with E-state index in [1.807, 2.05) is 4.90 Å². The lowest BCUT2D eigenvalue weighted by Gasteiger charge is -2.34. The SMILES string of the molecule is COc1ccc(NC(=O)CN2CCN(c3cc(=O)[nH]c(N)n3)CC2)cc1. The van der Waals surface area contributed by atoms with E-state index in [1.165, 1.54) is 6.07 Å². The van der Waals surface area contributed by atoms with Gasteiger partial charge in [-0.2, -0.15) is 4.98 Å². The van der Waals surface area contributed by atoms with Gasteiger partial charge in [-0.25, -0.2) is 0 Å². The molecule has 1 aliphatic heterocycles. The number of nitrogens with two attached hydrogens (primary N) is 1. The maximum absolute atomic E-state index is 12.2. The van der Waals surface area contributed by atoms with Crippen LogP contribution in [0, 0.1) is 0 Å². The number of ether oxygens (including phenoxy) is 1. The first-order valence-electron chi connectivity index (χ1n) is 8.31. The number of hydrogen-bond acceptors (Lipinski definition) is 7. The normalized spacial score (nSPS) is 14.9. The number of methoxy groups -OCH3 is 1. The second-order valence-corrected chi connectivity index (χ2v) is 6.03. The Bertz CT molecular complexity index is 812. The molecule has 0 aliphatic carbocycles. The number of benzene rings is 1. The molecule has 9 nitrogen and oxygen atoms in total. The number of nitrogen functional groups attached to an aromatic ring is 1. The number of aromatic nitrogens is 2. The van der Waals surface area contributed by atoms with Crippen LogP contribution in [0.15, 0.2) is 35.1 Å². The Morgan fingerprint density at radius 3 is 2.58 bits per heavy atom. The summed E-state index contributed by atoms with van der Waals surface area (Å²) >= 11 is 0. The average molecular weight is 358 g/mol. The molecule has 26 heavy (non-hydrogen) atoms. The second-order valence-electron chi connectivity index (χ2n) is 6.03. The highest BCUT2D eigenvalue weighted by Gasteiger charge is 2.20. The summed E-state index contributed by atoms with van der Waals surface area (Å²) in [5, 5.41) is 2.87. The van der Waals surface area contributed by atoms with Crippen molar-refractivity contribution in [2.75, 3.05) is 55.8 Å². The minimum atomic E-state index is -0.270. The third kappa shape index (κ3) is 4.51. The molecule has 2 heterocycles. The van der Waals surface area contributed by atoms with Crippen molar-refractivity contribution in [1.29, 1.82) is 0 Å². The summed E-state index contributed by atoms with van der Waals surface area (Å²) in [5.74, 6) is 1.35. The molecule has 1 aliphatic rings. The van der Waals surface area contributed by atoms with Crippen molar-refractivity contribution in [2.24, 2.45) is 0 Å². The fourth-order valence-electron chi connectivity index (χ4n) is 2.84. The van der Waals surface area contributed by atoms with Gasteiger partial charge in [0.15, 0.2) is 0 Å². The maximum atomic E-state index is 12.2. The topological polar surface area (TPSA) is 117 Å². The van der Waals surface area contributed by atoms with Gasteiger partial charge in [0.25, 0.3) is 5.56 Å². The van der Waals surface area contributed by atoms with Crippen LogP contribution in [0.4, 0.5) is 17.5 Å². The van der Waals surface area contributed by atoms with Crippen molar-refractivity contribution in [3.8, 4) is 5.75 Å². The van der Waals surface area contributed by atoms with Gasteiger partial charge in [-0.1, -0.05) is 0 Å². The first kappa shape index (κ1) is 17.7. The average Bonchev–Trinajstić information content (AvgIpc) is 2.62. The molecule has 0 spiro atoms. The third-order valence-corrected chi connectivity index (χ3v) is 4.18. The summed E-state index contributed by atoms with van der Waals surface area (Å²) in [6, 6.07) is 8.64. The number of H-pyrrole nitrogens is 1. The predicted octanol–water partition coefficient (Wildman–Crippen LogP) is 0.121. The van der Waals surface area contributed by atoms with Crippen LogP contribution in [0.3, 0.4) is 0 Å². The number of piperazine rings is 1. The predicted molar refractivity (Wildman–Crippen MR) is 99.5 cm³/mol. The summed E-state index contributed by atoms with van der Waals surface area (Å²) in [6.07, 6.45) is 0. The summed E-state index contributed by atoms with van der Waals surface area (Å²) < 4.78 is 5.10. The Balaban J connectivity index is 1.50. The largest absolute Gasteiger partial charge is 0.497 e. The number of hydrogen-bond donors (Lipinski definition) is 3. The fourth-order valence-corrected chi connectivity index (χ4v) is 2.84. The maximum Gasteiger partial charge on any atom is 0.254 e. The molecule has 4 N–H and O–H groups in total. The van der Waals surface area contributed by atoms with Gasteiger partial charge in [0.05, 0.1) is 13.7 Å². The lowest BCUT2D eigenvalue weighted by Crippen LogP contribution is -2.49. The summed E-state index contributed by atoms with van der Waals surface area (Å²) in [7, 11) is 1.60. The van der Waals surface area contributed by atoms with Gasteiger partial charge in [-0.05, 0) is 24.3 Å². The van der Waals surface area contributed by atoms with Crippen LogP contribution < -0.4 is 26.2 Å². The van der Waals surface area contributed by atoms with Gasteiger partial charge in [0, 0.05) is 37.9 Å². The Morgan fingerprint density at radius 1 is 1.27 bits per heavy atom. The molecule has 138 valence electrons. The minimum absolute atomic E-state index is 0.0675. The number of carbonyl (C=O) groups excluding carboxylic acids is 1. The number of anilines is 3. The standard InChI is InChI=1S/C17H22N6O3/c1-26-13-4-2-12(3-5-13)19-16(25)11-22-6-8-23(9-7-22)14-10-15(24)21-17(18)20-14/h2-5,10H,6-9,11H2,1H3,(H,19,25)(H3,18,20,21,24). The van der Waals surface area contributed by atoms with Crippen LogP contribution in [-0.4, -0.2) is 60.6 Å². The number of aromatic amines is 1. The Hall–Kier alpha value is -3.07. The van der Waals surface area contributed by atoms with Crippen molar-refractivity contribution in [2.45, 2.75) is 0 Å². The smallest absolute Gasteiger partial charge is 0.254 e. The van der Waals surface area contributed by atoms with Crippen LogP contribution in [0.2, 0.25) is 0 Å². The van der Waals surface area contributed by atoms with E-state index >= 15 is 0 Å². The van der Waals surface area contributed by atoms with Gasteiger partial charge in [-0.15, -0.1) is 0 Å². The summed E-state index contributed by atoms with van der Waals surface area (Å²) in [5.41, 5.74) is 6.05. The molecular formula is C17H22N6O3. The van der Waals surface area contributed by atoms with Crippen molar-refractivity contribution >= 4 is 23.4 Å². The van der Waals surface area contributed by atoms with E-state index in [0.29, 0.717) is 38.5 Å². The molecule has 1 saturated heterocycles. The van der Waals surface area contributed by atoms with Crippen molar-refractivity contribution in [3.05, 3.63) is 40.7 Å². The van der Waals surface area contributed by atoms with Crippen molar-refractivity contribution < 1.29 is 9.53 Å². The molecule has 1 aromatic heterocycles. The highest BCUT2D eigenvalue weighted by Crippen LogP contribution is 2.15. The molecule has 0 unspecified atom stereocenters. The molecule has 0 bridgehead atoms. The molecule has 1 aromatic carbocycles. The van der Waals surface area contributed by atoms with Crippen molar-refractivity contribution in [1.82, 2.24) is 14.9 Å². The Labute approximate surface area is 150 Å². The minimum Gasteiger partial charge on any atom is -0.497 e. The summed E-state index contributed by atoms with van der Waals surface area (Å²) in [4.78, 5) is 34.3. The highest BCUT2D eigenvalue weighted by atomic mass is 16.5. The quantitative estimate of drug-likeness (QED) is 0.695. The molecule has 1 amide bonds. The van der Waals surface area contributed by atoms with Crippen LogP contribution in [-0.2, 0) is 4.79 Å². The molecular weight excluding hydrogens is 336 g/mol. The van der Waals surface area contributed by atoms with E-state index in [1.54, 1.807) is 31.4 Å². The first-order chi connectivity index (χ1) is 12.5. The molecule has 9 heteroatoms. The van der Waals surface area contributed by atoms with Gasteiger partial charge in [0.1, 0.15) is 11.6 Å². The zero-order chi connectivity index (χ0) is 18.5. The second kappa shape index (κ2) is 7.87. The van der Waals surface area contributed by atoms with Crippen LogP contribution in [0.5, 0.6) is 5.75 Å². The molecule has 0 atom stereocenters. The number of carbonyl (C=O) groups is 1. The van der Waals surface area contributed by atoms with Gasteiger partial charge in [0.2, 0.25) is 11.9 Å². The number of nitrogens with one attached hydrogen (secondary N) is 2. The number of nitrogens with zero attached hydrogens (tertiary/aromatic N) is 3. The third-order valence-electron chi connectivity index (χ3n) is 4.18. The van der Waals surface area contributed by atoms with Crippen molar-refractivity contribution in [3.63, 3.8) is 0 Å². The van der Waals surface area contributed by atoms with Crippen LogP contribution >= 0.6 is 0 Å². The van der Waals surface area contributed by atoms with Gasteiger partial charge in [-0.3, -0.25) is 19.5 Å².